The van der Waals surface area contributed by atoms with Crippen molar-refractivity contribution in [2.75, 3.05) is 75.4 Å². The zero-order chi connectivity index (χ0) is 50.0. The summed E-state index contributed by atoms with van der Waals surface area (Å²) >= 11 is 0. The lowest BCUT2D eigenvalue weighted by Gasteiger charge is -2.35. The molecule has 0 radical (unpaired) electrons. The number of hydrogen-bond acceptors (Lipinski definition) is 11. The van der Waals surface area contributed by atoms with Gasteiger partial charge in [0.2, 0.25) is 11.8 Å². The third kappa shape index (κ3) is 10.5. The van der Waals surface area contributed by atoms with Crippen LogP contribution in [-0.2, 0) is 15.8 Å². The van der Waals surface area contributed by atoms with Gasteiger partial charge in [0.25, 0.3) is 11.8 Å². The van der Waals surface area contributed by atoms with Crippen molar-refractivity contribution in [1.29, 1.82) is 0 Å². The van der Waals surface area contributed by atoms with Gasteiger partial charge in [-0.15, -0.1) is 0 Å². The van der Waals surface area contributed by atoms with Crippen LogP contribution < -0.4 is 31.3 Å². The van der Waals surface area contributed by atoms with Gasteiger partial charge in [0.15, 0.2) is 0 Å². The third-order valence-electron chi connectivity index (χ3n) is 13.4. The number of rotatable bonds is 9. The van der Waals surface area contributed by atoms with Gasteiger partial charge in [-0.25, -0.2) is 19.7 Å². The number of nitrogens with two attached hydrogens (primary N) is 1. The predicted octanol–water partition coefficient (Wildman–Crippen LogP) is 5.93. The minimum atomic E-state index is -4.60. The van der Waals surface area contributed by atoms with Crippen LogP contribution in [0.2, 0.25) is 0 Å². The molecule has 6 heterocycles. The van der Waals surface area contributed by atoms with E-state index in [1.54, 1.807) is 63.4 Å². The Kier molecular flexibility index (Phi) is 13.8. The van der Waals surface area contributed by atoms with E-state index < -0.39 is 17.6 Å². The van der Waals surface area contributed by atoms with Gasteiger partial charge in [-0.3, -0.25) is 33.4 Å². The zero-order valence-electron chi connectivity index (χ0n) is 39.0. The van der Waals surface area contributed by atoms with E-state index >= 15 is 0 Å². The molecule has 4 aliphatic rings. The minimum absolute atomic E-state index is 0.0744. The minimum Gasteiger partial charge on any atom is -0.495 e. The fraction of sp³-hybridized carbons (Fsp3) is 0.360. The normalized spacial score (nSPS) is 19.5. The van der Waals surface area contributed by atoms with Crippen LogP contribution in [0.15, 0.2) is 85.3 Å². The van der Waals surface area contributed by atoms with Crippen LogP contribution in [0.5, 0.6) is 5.75 Å². The highest BCUT2D eigenvalue weighted by Crippen LogP contribution is 2.39. The molecule has 71 heavy (non-hydrogen) atoms. The summed E-state index contributed by atoms with van der Waals surface area (Å²) in [6, 6.07) is 12.6. The smallest absolute Gasteiger partial charge is 0.416 e. The number of nitrogens with one attached hydrogen (secondary N) is 3. The number of anilines is 3. The number of ether oxygens (including phenoxy) is 1. The number of carbonyl (C=O) groups excluding carboxylic acids is 5. The number of alkyl halides is 3. The molecule has 6 amide bonds. The molecule has 3 aliphatic heterocycles. The highest BCUT2D eigenvalue weighted by molar-refractivity contribution is 6.04. The summed E-state index contributed by atoms with van der Waals surface area (Å²) in [5, 5.41) is 8.33. The summed E-state index contributed by atoms with van der Waals surface area (Å²) in [6.45, 7) is 6.90. The molecule has 1 aliphatic carbocycles. The SMILES string of the molecule is C=C1CCN(c2cc(C(=O)N3CCN(CCC(=O)N4CC/C=C/c5cnc(N)c6c(-c7ccc(C(=O)Nc8cc(C(F)(F)F)ccn8)cc7)nc(n56)[C@@H]5CCC(C5)NC(=O)C4)CC3)ccc2OC)C(=O)N1. The molecular weight excluding hydrogens is 922 g/mol. The summed E-state index contributed by atoms with van der Waals surface area (Å²) in [5.74, 6) is -0.0912. The summed E-state index contributed by atoms with van der Waals surface area (Å²) in [5.41, 5.74) is 9.81. The number of piperazine rings is 1. The quantitative estimate of drug-likeness (QED) is 0.136. The molecule has 0 spiro atoms. The molecule has 5 aromatic rings. The van der Waals surface area contributed by atoms with Crippen LogP contribution in [0, 0.1) is 0 Å². The third-order valence-corrected chi connectivity index (χ3v) is 13.4. The number of carbonyl (C=O) groups is 5. The number of fused-ring (bicyclic) bond motifs is 3. The first-order valence-electron chi connectivity index (χ1n) is 23.4. The number of amides is 6. The Morgan fingerprint density at radius 2 is 1.72 bits per heavy atom. The van der Waals surface area contributed by atoms with Gasteiger partial charge in [-0.1, -0.05) is 24.8 Å². The van der Waals surface area contributed by atoms with Crippen LogP contribution in [-0.4, -0.2) is 129 Å². The molecule has 2 aromatic carbocycles. The Bertz CT molecular complexity index is 2930. The summed E-state index contributed by atoms with van der Waals surface area (Å²) in [7, 11) is 1.52. The Hall–Kier alpha value is -7.81. The second-order valence-corrected chi connectivity index (χ2v) is 18.0. The van der Waals surface area contributed by atoms with Gasteiger partial charge >= 0.3 is 12.2 Å². The lowest BCUT2D eigenvalue weighted by molar-refractivity contribution is -0.137. The van der Waals surface area contributed by atoms with Gasteiger partial charge in [0.05, 0.1) is 36.8 Å². The van der Waals surface area contributed by atoms with E-state index in [9.17, 15) is 37.1 Å². The molecule has 1 unspecified atom stereocenters. The lowest BCUT2D eigenvalue weighted by atomic mass is 10.1. The fourth-order valence-electron chi connectivity index (χ4n) is 9.61. The second kappa shape index (κ2) is 20.3. The number of imidazole rings is 1. The Balaban J connectivity index is 0.853. The molecule has 1 saturated carbocycles. The van der Waals surface area contributed by atoms with E-state index in [1.807, 2.05) is 16.6 Å². The van der Waals surface area contributed by atoms with Crippen molar-refractivity contribution in [3.63, 3.8) is 0 Å². The maximum absolute atomic E-state index is 13.9. The maximum atomic E-state index is 13.9. The summed E-state index contributed by atoms with van der Waals surface area (Å²) in [4.78, 5) is 87.5. The van der Waals surface area contributed by atoms with Crippen LogP contribution in [0.3, 0.4) is 0 Å². The summed E-state index contributed by atoms with van der Waals surface area (Å²) in [6.07, 6.45) is 5.05. The summed E-state index contributed by atoms with van der Waals surface area (Å²) < 4.78 is 47.3. The van der Waals surface area contributed by atoms with E-state index in [0.29, 0.717) is 117 Å². The van der Waals surface area contributed by atoms with Crippen LogP contribution in [0.1, 0.15) is 82.2 Å². The number of nitrogens with zero attached hydrogens (tertiary/aromatic N) is 8. The average molecular weight is 975 g/mol. The molecular formula is C50H53F3N12O6. The lowest BCUT2D eigenvalue weighted by Crippen LogP contribution is -2.50. The molecule has 2 saturated heterocycles. The Morgan fingerprint density at radius 3 is 2.46 bits per heavy atom. The van der Waals surface area contributed by atoms with Gasteiger partial charge in [-0.2, -0.15) is 13.2 Å². The highest BCUT2D eigenvalue weighted by atomic mass is 19.4. The first kappa shape index (κ1) is 48.2. The van der Waals surface area contributed by atoms with Crippen LogP contribution in [0.25, 0.3) is 22.9 Å². The van der Waals surface area contributed by atoms with Crippen molar-refractivity contribution >= 4 is 58.6 Å². The molecule has 370 valence electrons. The number of hydrogen-bond donors (Lipinski definition) is 4. The molecule has 2 atom stereocenters. The Morgan fingerprint density at radius 1 is 0.944 bits per heavy atom. The topological polar surface area (TPSA) is 213 Å². The van der Waals surface area contributed by atoms with Crippen LogP contribution in [0.4, 0.5) is 35.3 Å². The van der Waals surface area contributed by atoms with E-state index in [4.69, 9.17) is 15.5 Å². The van der Waals surface area contributed by atoms with Gasteiger partial charge < -0.3 is 36.2 Å². The highest BCUT2D eigenvalue weighted by Gasteiger charge is 2.34. The number of urea groups is 1. The van der Waals surface area contributed by atoms with Gasteiger partial charge in [0, 0.05) is 99.2 Å². The van der Waals surface area contributed by atoms with E-state index in [-0.39, 0.29) is 72.4 Å². The standard InChI is InChI=1S/C50H53F3N12O6/c1-30-15-20-64(49(70)57-30)38-26-34(11-13-39(38)71-2)48(69)62-23-21-61(22-24-62)19-16-42(67)63-18-4-3-5-37-28-56-45(54)44-43(60-46(65(37)44)33-10-12-36(25-33)58-41(66)29-63)31-6-8-32(9-7-31)47(68)59-40-27-35(14-17-55-40)50(51,52)53/h3,5-9,11,13-14,17,26-28,33,36H,1,4,10,12,15-16,18-25,29H2,2H3,(H2,54,56)(H,57,70)(H,58,66)(H,55,59,68)/b5-3+/t33-,36?/m1/s1. The van der Waals surface area contributed by atoms with Crippen molar-refractivity contribution in [2.45, 2.75) is 56.7 Å². The van der Waals surface area contributed by atoms with E-state index in [2.05, 4.69) is 37.4 Å². The molecule has 9 rings (SSSR count). The number of pyridine rings is 1. The number of methoxy groups -OCH3 is 1. The van der Waals surface area contributed by atoms with Crippen molar-refractivity contribution in [2.24, 2.45) is 0 Å². The molecule has 2 bridgehead atoms. The number of halogens is 3. The van der Waals surface area contributed by atoms with Crippen molar-refractivity contribution < 1.29 is 41.9 Å². The monoisotopic (exact) mass is 974 g/mol. The second-order valence-electron chi connectivity index (χ2n) is 18.0. The maximum Gasteiger partial charge on any atom is 0.416 e. The molecule has 3 fully saturated rings. The van der Waals surface area contributed by atoms with Crippen LogP contribution >= 0.6 is 0 Å². The Labute approximate surface area is 406 Å². The van der Waals surface area contributed by atoms with E-state index in [0.717, 1.165) is 24.2 Å². The van der Waals surface area contributed by atoms with Gasteiger partial charge in [0.1, 0.15) is 34.4 Å². The van der Waals surface area contributed by atoms with Crippen molar-refractivity contribution in [3.05, 3.63) is 114 Å². The average Bonchev–Trinajstić information content (AvgIpc) is 4.00. The molecule has 21 heteroatoms. The first-order valence-corrected chi connectivity index (χ1v) is 23.4. The number of benzene rings is 2. The molecule has 5 N–H and O–H groups in total. The number of aromatic nitrogens is 4. The first-order chi connectivity index (χ1) is 34.1. The fourth-order valence-corrected chi connectivity index (χ4v) is 9.61. The number of nitrogen functional groups attached to an aromatic ring is 1. The van der Waals surface area contributed by atoms with Crippen molar-refractivity contribution in [1.82, 2.24) is 44.7 Å². The zero-order valence-corrected chi connectivity index (χ0v) is 39.0. The van der Waals surface area contributed by atoms with Crippen molar-refractivity contribution in [3.8, 4) is 17.0 Å². The van der Waals surface area contributed by atoms with E-state index in [1.165, 1.54) is 7.11 Å². The van der Waals surface area contributed by atoms with Gasteiger partial charge in [-0.05, 0) is 74.2 Å². The largest absolute Gasteiger partial charge is 0.495 e. The molecule has 3 aromatic heterocycles. The molecule has 18 nitrogen and oxygen atoms in total. The predicted molar refractivity (Wildman–Crippen MR) is 258 cm³/mol.